The summed E-state index contributed by atoms with van der Waals surface area (Å²) in [5, 5.41) is 8.61. The number of nitriles is 1. The summed E-state index contributed by atoms with van der Waals surface area (Å²) in [4.78, 5) is 0. The van der Waals surface area contributed by atoms with Gasteiger partial charge in [0.2, 0.25) is 0 Å². The summed E-state index contributed by atoms with van der Waals surface area (Å²) in [6.45, 7) is 1.79. The normalized spacial score (nSPS) is 22.9. The van der Waals surface area contributed by atoms with Crippen LogP contribution in [0.5, 0.6) is 0 Å². The molecule has 1 aliphatic heterocycles. The second-order valence-electron chi connectivity index (χ2n) is 4.94. The van der Waals surface area contributed by atoms with E-state index in [0.29, 0.717) is 12.0 Å². The molecule has 1 heterocycles. The van der Waals surface area contributed by atoms with Gasteiger partial charge in [0.25, 0.3) is 0 Å². The molecule has 0 amide bonds. The molecule has 0 radical (unpaired) electrons. The van der Waals surface area contributed by atoms with Crippen molar-refractivity contribution in [1.82, 2.24) is 0 Å². The lowest BCUT2D eigenvalue weighted by atomic mass is 10.0. The molecule has 2 unspecified atom stereocenters. The Kier molecular flexibility index (Phi) is 4.33. The second-order valence-corrected chi connectivity index (χ2v) is 4.94. The van der Waals surface area contributed by atoms with Gasteiger partial charge in [-0.3, -0.25) is 0 Å². The van der Waals surface area contributed by atoms with Crippen LogP contribution in [0, 0.1) is 24.1 Å². The molecule has 0 saturated carbocycles. The minimum absolute atomic E-state index is 0.120. The van der Waals surface area contributed by atoms with E-state index in [4.69, 9.17) is 10.00 Å². The summed E-state index contributed by atoms with van der Waals surface area (Å²) >= 11 is 0. The Labute approximate surface area is 107 Å². The topological polar surface area (TPSA) is 33.0 Å². The molecule has 1 aromatic carbocycles. The number of nitrogens with zero attached hydrogens (tertiary/aromatic N) is 1. The summed E-state index contributed by atoms with van der Waals surface area (Å²) in [7, 11) is 0. The van der Waals surface area contributed by atoms with Crippen molar-refractivity contribution in [2.24, 2.45) is 0 Å². The number of halogens is 1. The van der Waals surface area contributed by atoms with Crippen LogP contribution in [-0.2, 0) is 11.2 Å². The third-order valence-electron chi connectivity index (χ3n) is 3.49. The van der Waals surface area contributed by atoms with E-state index in [2.05, 4.69) is 6.07 Å². The predicted molar refractivity (Wildman–Crippen MR) is 67.6 cm³/mol. The van der Waals surface area contributed by atoms with Crippen LogP contribution in [0.3, 0.4) is 0 Å². The SMILES string of the molecule is Cc1cc(CCC2CCC(CC#N)O2)ccc1F. The first-order valence-electron chi connectivity index (χ1n) is 6.46. The van der Waals surface area contributed by atoms with Crippen LogP contribution >= 0.6 is 0 Å². The Hall–Kier alpha value is -1.40. The van der Waals surface area contributed by atoms with Crippen molar-refractivity contribution in [1.29, 1.82) is 5.26 Å². The first-order valence-corrected chi connectivity index (χ1v) is 6.46. The van der Waals surface area contributed by atoms with E-state index in [9.17, 15) is 4.39 Å². The Morgan fingerprint density at radius 3 is 2.89 bits per heavy atom. The molecule has 0 N–H and O–H groups in total. The summed E-state index contributed by atoms with van der Waals surface area (Å²) in [6, 6.07) is 7.41. The van der Waals surface area contributed by atoms with Crippen molar-refractivity contribution in [3.63, 3.8) is 0 Å². The lowest BCUT2D eigenvalue weighted by Crippen LogP contribution is -2.11. The molecule has 1 fully saturated rings. The highest BCUT2D eigenvalue weighted by Gasteiger charge is 2.24. The Balaban J connectivity index is 1.82. The zero-order valence-electron chi connectivity index (χ0n) is 10.7. The van der Waals surface area contributed by atoms with Crippen LogP contribution in [0.15, 0.2) is 18.2 Å². The number of benzene rings is 1. The van der Waals surface area contributed by atoms with Crippen LogP contribution < -0.4 is 0 Å². The lowest BCUT2D eigenvalue weighted by Gasteiger charge is -2.12. The number of rotatable bonds is 4. The molecule has 3 heteroatoms. The summed E-state index contributed by atoms with van der Waals surface area (Å²) < 4.78 is 18.9. The van der Waals surface area contributed by atoms with Gasteiger partial charge in [0.1, 0.15) is 5.82 Å². The van der Waals surface area contributed by atoms with E-state index in [0.717, 1.165) is 31.2 Å². The zero-order chi connectivity index (χ0) is 13.0. The van der Waals surface area contributed by atoms with E-state index in [1.54, 1.807) is 6.92 Å². The predicted octanol–water partition coefficient (Wildman–Crippen LogP) is 3.53. The van der Waals surface area contributed by atoms with Crippen molar-refractivity contribution in [2.75, 3.05) is 0 Å². The zero-order valence-corrected chi connectivity index (χ0v) is 10.7. The van der Waals surface area contributed by atoms with Crippen molar-refractivity contribution in [2.45, 2.75) is 51.2 Å². The molecule has 1 aromatic rings. The fourth-order valence-corrected chi connectivity index (χ4v) is 2.43. The van der Waals surface area contributed by atoms with Gasteiger partial charge in [-0.25, -0.2) is 4.39 Å². The minimum Gasteiger partial charge on any atom is -0.374 e. The van der Waals surface area contributed by atoms with Gasteiger partial charge >= 0.3 is 0 Å². The maximum absolute atomic E-state index is 13.1. The van der Waals surface area contributed by atoms with Gasteiger partial charge in [-0.15, -0.1) is 0 Å². The van der Waals surface area contributed by atoms with Gasteiger partial charge < -0.3 is 4.74 Å². The van der Waals surface area contributed by atoms with E-state index < -0.39 is 0 Å². The van der Waals surface area contributed by atoms with Crippen LogP contribution in [0.2, 0.25) is 0 Å². The first-order chi connectivity index (χ1) is 8.69. The Morgan fingerprint density at radius 1 is 1.39 bits per heavy atom. The molecule has 2 rings (SSSR count). The largest absolute Gasteiger partial charge is 0.374 e. The van der Waals surface area contributed by atoms with Gasteiger partial charge in [0.05, 0.1) is 24.7 Å². The number of aryl methyl sites for hydroxylation is 2. The summed E-state index contributed by atoms with van der Waals surface area (Å²) in [5.74, 6) is -0.148. The highest BCUT2D eigenvalue weighted by Crippen LogP contribution is 2.25. The standard InChI is InChI=1S/C15H18FNO/c1-11-10-12(3-7-15(11)16)2-4-13-5-6-14(18-13)8-9-17/h3,7,10,13-14H,2,4-6,8H2,1H3. The quantitative estimate of drug-likeness (QED) is 0.815. The highest BCUT2D eigenvalue weighted by atomic mass is 19.1. The Morgan fingerprint density at radius 2 is 2.17 bits per heavy atom. The fourth-order valence-electron chi connectivity index (χ4n) is 2.43. The van der Waals surface area contributed by atoms with E-state index in [-0.39, 0.29) is 18.0 Å². The molecule has 2 atom stereocenters. The number of ether oxygens (including phenoxy) is 1. The minimum atomic E-state index is -0.148. The van der Waals surface area contributed by atoms with Gasteiger partial charge in [-0.2, -0.15) is 5.26 Å². The van der Waals surface area contributed by atoms with Crippen molar-refractivity contribution in [3.8, 4) is 6.07 Å². The van der Waals surface area contributed by atoms with Crippen LogP contribution in [0.4, 0.5) is 4.39 Å². The molecule has 0 bridgehead atoms. The Bertz CT molecular complexity index is 452. The second kappa shape index (κ2) is 5.97. The third-order valence-corrected chi connectivity index (χ3v) is 3.49. The molecule has 96 valence electrons. The van der Waals surface area contributed by atoms with Crippen molar-refractivity contribution < 1.29 is 9.13 Å². The lowest BCUT2D eigenvalue weighted by molar-refractivity contribution is 0.0436. The van der Waals surface area contributed by atoms with Gasteiger partial charge in [0.15, 0.2) is 0 Å². The third kappa shape index (κ3) is 3.30. The average molecular weight is 247 g/mol. The van der Waals surface area contributed by atoms with Crippen molar-refractivity contribution in [3.05, 3.63) is 35.1 Å². The molecule has 2 nitrogen and oxygen atoms in total. The molecular weight excluding hydrogens is 229 g/mol. The van der Waals surface area contributed by atoms with E-state index in [1.807, 2.05) is 12.1 Å². The van der Waals surface area contributed by atoms with E-state index in [1.165, 1.54) is 6.07 Å². The number of hydrogen-bond donors (Lipinski definition) is 0. The van der Waals surface area contributed by atoms with Crippen LogP contribution in [0.25, 0.3) is 0 Å². The van der Waals surface area contributed by atoms with Gasteiger partial charge in [-0.05, 0) is 49.8 Å². The summed E-state index contributed by atoms with van der Waals surface area (Å²) in [5.41, 5.74) is 1.85. The maximum atomic E-state index is 13.1. The maximum Gasteiger partial charge on any atom is 0.126 e. The van der Waals surface area contributed by atoms with Gasteiger partial charge in [0, 0.05) is 0 Å². The molecule has 1 saturated heterocycles. The molecule has 0 spiro atoms. The smallest absolute Gasteiger partial charge is 0.126 e. The summed E-state index contributed by atoms with van der Waals surface area (Å²) in [6.07, 6.45) is 4.75. The number of hydrogen-bond acceptors (Lipinski definition) is 2. The molecule has 18 heavy (non-hydrogen) atoms. The van der Waals surface area contributed by atoms with Crippen molar-refractivity contribution >= 4 is 0 Å². The van der Waals surface area contributed by atoms with E-state index >= 15 is 0 Å². The highest BCUT2D eigenvalue weighted by molar-refractivity contribution is 5.24. The molecular formula is C15H18FNO. The van der Waals surface area contributed by atoms with Crippen LogP contribution in [0.1, 0.15) is 36.8 Å². The molecule has 0 aliphatic carbocycles. The fraction of sp³-hybridized carbons (Fsp3) is 0.533. The van der Waals surface area contributed by atoms with Gasteiger partial charge in [-0.1, -0.05) is 12.1 Å². The molecule has 1 aliphatic rings. The molecule has 0 aromatic heterocycles. The average Bonchev–Trinajstić information content (AvgIpc) is 2.79. The first kappa shape index (κ1) is 13.0. The monoisotopic (exact) mass is 247 g/mol. The van der Waals surface area contributed by atoms with Crippen LogP contribution in [-0.4, -0.2) is 12.2 Å².